The molecule has 2 fully saturated rings. The molecule has 2 aliphatic carbocycles. The Kier molecular flexibility index (Phi) is 9.11. The summed E-state index contributed by atoms with van der Waals surface area (Å²) in [6.45, 7) is 0.343. The van der Waals surface area contributed by atoms with Crippen molar-refractivity contribution in [1.82, 2.24) is 0 Å². The lowest BCUT2D eigenvalue weighted by Crippen LogP contribution is -2.20. The Morgan fingerprint density at radius 2 is 1.31 bits per heavy atom. The zero-order valence-corrected chi connectivity index (χ0v) is 19.4. The summed E-state index contributed by atoms with van der Waals surface area (Å²) in [6.07, 6.45) is 13.0. The van der Waals surface area contributed by atoms with Gasteiger partial charge in [0.2, 0.25) is 0 Å². The molecule has 0 amide bonds. The van der Waals surface area contributed by atoms with Crippen LogP contribution in [-0.4, -0.2) is 38.1 Å². The van der Waals surface area contributed by atoms with Crippen molar-refractivity contribution in [1.29, 1.82) is 0 Å². The molecule has 0 aromatic heterocycles. The normalized spacial score (nSPS) is 18.3. The van der Waals surface area contributed by atoms with Gasteiger partial charge in [-0.15, -0.1) is 0 Å². The van der Waals surface area contributed by atoms with Crippen LogP contribution in [0.5, 0.6) is 0 Å². The highest BCUT2D eigenvalue weighted by Crippen LogP contribution is 2.28. The predicted molar refractivity (Wildman–Crippen MR) is 119 cm³/mol. The van der Waals surface area contributed by atoms with Crippen LogP contribution in [0, 0.1) is 11.8 Å². The van der Waals surface area contributed by atoms with Crippen molar-refractivity contribution in [3.8, 4) is 0 Å². The Balaban J connectivity index is 1.67. The van der Waals surface area contributed by atoms with E-state index in [1.807, 2.05) is 0 Å². The summed E-state index contributed by atoms with van der Waals surface area (Å²) in [4.78, 5) is 24.9. The van der Waals surface area contributed by atoms with E-state index in [-0.39, 0.29) is 18.8 Å². The van der Waals surface area contributed by atoms with Crippen molar-refractivity contribution < 1.29 is 32.0 Å². The minimum absolute atomic E-state index is 0.138. The first kappa shape index (κ1) is 24.7. The second kappa shape index (κ2) is 11.8. The Bertz CT molecular complexity index is 882. The van der Waals surface area contributed by atoms with Crippen LogP contribution in [0.15, 0.2) is 23.1 Å². The van der Waals surface area contributed by atoms with Crippen molar-refractivity contribution in [2.45, 2.75) is 81.9 Å². The number of hydrogen-bond acceptors (Lipinski definition) is 6. The maximum Gasteiger partial charge on any atom is 0.340 e. The van der Waals surface area contributed by atoms with Crippen LogP contribution in [0.2, 0.25) is 0 Å². The first-order chi connectivity index (χ1) is 15.4. The average molecular weight is 467 g/mol. The number of benzene rings is 1. The van der Waals surface area contributed by atoms with Crippen LogP contribution in [0.25, 0.3) is 0 Å². The van der Waals surface area contributed by atoms with E-state index in [0.29, 0.717) is 18.3 Å². The molecule has 0 atom stereocenters. The Morgan fingerprint density at radius 3 is 1.81 bits per heavy atom. The number of carbonyl (C=O) groups is 2. The molecule has 178 valence electrons. The number of ether oxygens (including phenoxy) is 2. The quantitative estimate of drug-likeness (QED) is 0.394. The van der Waals surface area contributed by atoms with Crippen LogP contribution in [0.3, 0.4) is 0 Å². The van der Waals surface area contributed by atoms with Crippen molar-refractivity contribution in [2.24, 2.45) is 11.8 Å². The summed E-state index contributed by atoms with van der Waals surface area (Å²) in [5, 5.41) is 0. The highest BCUT2D eigenvalue weighted by atomic mass is 32.2. The highest BCUT2D eigenvalue weighted by molar-refractivity contribution is 7.86. The first-order valence-electron chi connectivity index (χ1n) is 11.8. The van der Waals surface area contributed by atoms with Gasteiger partial charge in [-0.05, 0) is 36.8 Å². The second-order valence-electron chi connectivity index (χ2n) is 9.01. The van der Waals surface area contributed by atoms with E-state index >= 15 is 0 Å². The summed E-state index contributed by atoms with van der Waals surface area (Å²) >= 11 is 0. The molecule has 8 heteroatoms. The van der Waals surface area contributed by atoms with Gasteiger partial charge in [0, 0.05) is 0 Å². The molecule has 0 unspecified atom stereocenters. The number of carbonyl (C=O) groups excluding carboxylic acids is 2. The van der Waals surface area contributed by atoms with E-state index in [2.05, 4.69) is 0 Å². The fourth-order valence-corrected chi connectivity index (χ4v) is 5.57. The Hall–Kier alpha value is -1.93. The first-order valence-corrected chi connectivity index (χ1v) is 13.2. The van der Waals surface area contributed by atoms with E-state index in [9.17, 15) is 22.6 Å². The summed E-state index contributed by atoms with van der Waals surface area (Å²) in [5.41, 5.74) is -0.659. The van der Waals surface area contributed by atoms with Gasteiger partial charge >= 0.3 is 11.9 Å². The zero-order chi connectivity index (χ0) is 23.0. The molecule has 0 radical (unpaired) electrons. The fourth-order valence-electron chi connectivity index (χ4n) is 4.86. The lowest BCUT2D eigenvalue weighted by atomic mass is 9.87. The molecule has 1 aromatic carbocycles. The molecular formula is C24H34O7S. The number of esters is 2. The number of hydrogen-bond donors (Lipinski definition) is 1. The van der Waals surface area contributed by atoms with Crippen molar-refractivity contribution >= 4 is 22.1 Å². The summed E-state index contributed by atoms with van der Waals surface area (Å²) in [5.74, 6) is -0.721. The van der Waals surface area contributed by atoms with Gasteiger partial charge in [0.15, 0.2) is 0 Å². The third kappa shape index (κ3) is 7.04. The second-order valence-corrected chi connectivity index (χ2v) is 10.4. The monoisotopic (exact) mass is 466 g/mol. The van der Waals surface area contributed by atoms with Gasteiger partial charge in [-0.2, -0.15) is 8.42 Å². The van der Waals surface area contributed by atoms with Crippen molar-refractivity contribution in [3.63, 3.8) is 0 Å². The molecule has 2 aliphatic rings. The predicted octanol–water partition coefficient (Wildman–Crippen LogP) is 5.19. The van der Waals surface area contributed by atoms with E-state index in [1.165, 1.54) is 50.7 Å². The SMILES string of the molecule is O=C(OCCC1CCCCC1)c1cccc(S(=O)(=O)O)c1C(=O)OCCC1CCCCC1. The maximum absolute atomic E-state index is 12.8. The minimum atomic E-state index is -4.73. The van der Waals surface area contributed by atoms with Crippen LogP contribution in [-0.2, 0) is 19.6 Å². The van der Waals surface area contributed by atoms with Crippen LogP contribution in [0.4, 0.5) is 0 Å². The Labute approximate surface area is 190 Å². The van der Waals surface area contributed by atoms with E-state index in [4.69, 9.17) is 9.47 Å². The maximum atomic E-state index is 12.8. The minimum Gasteiger partial charge on any atom is -0.462 e. The summed E-state index contributed by atoms with van der Waals surface area (Å²) in [6, 6.07) is 3.72. The van der Waals surface area contributed by atoms with Crippen molar-refractivity contribution in [3.05, 3.63) is 29.3 Å². The molecule has 1 N–H and O–H groups in total. The molecule has 0 heterocycles. The van der Waals surface area contributed by atoms with Gasteiger partial charge in [-0.1, -0.05) is 70.3 Å². The van der Waals surface area contributed by atoms with Gasteiger partial charge in [0.25, 0.3) is 10.1 Å². The van der Waals surface area contributed by atoms with Gasteiger partial charge in [0.05, 0.1) is 24.3 Å². The van der Waals surface area contributed by atoms with Crippen LogP contribution >= 0.6 is 0 Å². The van der Waals surface area contributed by atoms with Crippen LogP contribution < -0.4 is 0 Å². The van der Waals surface area contributed by atoms with Crippen LogP contribution in [0.1, 0.15) is 97.8 Å². The largest absolute Gasteiger partial charge is 0.462 e. The third-order valence-corrected chi connectivity index (χ3v) is 7.59. The van der Waals surface area contributed by atoms with Gasteiger partial charge in [-0.25, -0.2) is 9.59 Å². The average Bonchev–Trinajstić information content (AvgIpc) is 2.79. The standard InChI is InChI=1S/C24H34O7S/c25-23(30-16-14-18-8-3-1-4-9-18)20-12-7-13-21(32(27,28)29)22(20)24(26)31-17-15-19-10-5-2-6-11-19/h7,12-13,18-19H,1-6,8-11,14-17H2,(H,27,28,29). The van der Waals surface area contributed by atoms with Crippen molar-refractivity contribution in [2.75, 3.05) is 13.2 Å². The molecule has 1 aromatic rings. The molecule has 0 saturated heterocycles. The van der Waals surface area contributed by atoms with Gasteiger partial charge in [0.1, 0.15) is 4.90 Å². The fraction of sp³-hybridized carbons (Fsp3) is 0.667. The molecular weight excluding hydrogens is 432 g/mol. The molecule has 3 rings (SSSR count). The van der Waals surface area contributed by atoms with E-state index in [1.54, 1.807) is 0 Å². The smallest absolute Gasteiger partial charge is 0.340 e. The summed E-state index contributed by atoms with van der Waals surface area (Å²) in [7, 11) is -4.73. The highest BCUT2D eigenvalue weighted by Gasteiger charge is 2.29. The summed E-state index contributed by atoms with van der Waals surface area (Å²) < 4.78 is 44.1. The van der Waals surface area contributed by atoms with Gasteiger partial charge in [-0.3, -0.25) is 4.55 Å². The molecule has 2 saturated carbocycles. The van der Waals surface area contributed by atoms with Gasteiger partial charge < -0.3 is 9.47 Å². The molecule has 7 nitrogen and oxygen atoms in total. The molecule has 0 bridgehead atoms. The molecule has 0 aliphatic heterocycles. The third-order valence-electron chi connectivity index (χ3n) is 6.70. The topological polar surface area (TPSA) is 107 Å². The lowest BCUT2D eigenvalue weighted by Gasteiger charge is -2.21. The van der Waals surface area contributed by atoms with E-state index < -0.39 is 32.5 Å². The van der Waals surface area contributed by atoms with E-state index in [0.717, 1.165) is 38.2 Å². The molecule has 0 spiro atoms. The zero-order valence-electron chi connectivity index (χ0n) is 18.6. The number of rotatable bonds is 9. The lowest BCUT2D eigenvalue weighted by molar-refractivity contribution is 0.0424. The Morgan fingerprint density at radius 1 is 0.812 bits per heavy atom. The molecule has 32 heavy (non-hydrogen) atoms.